The molecule has 2 amide bonds. The average molecular weight is 467 g/mol. The van der Waals surface area contributed by atoms with E-state index in [4.69, 9.17) is 17.0 Å². The van der Waals surface area contributed by atoms with Gasteiger partial charge in [0.1, 0.15) is 12.4 Å². The molecule has 3 rings (SSSR count). The lowest BCUT2D eigenvalue weighted by atomic mass is 10.0. The Morgan fingerprint density at radius 3 is 2.48 bits per heavy atom. The number of aryl methyl sites for hydroxylation is 1. The highest BCUT2D eigenvalue weighted by molar-refractivity contribution is 7.80. The normalized spacial score (nSPS) is 9.94. The van der Waals surface area contributed by atoms with Crippen molar-refractivity contribution in [3.05, 3.63) is 70.9 Å². The molecule has 0 radical (unpaired) electrons. The molecule has 0 aliphatic rings. The van der Waals surface area contributed by atoms with E-state index in [1.165, 1.54) is 0 Å². The minimum Gasteiger partial charge on any atom is -0.489 e. The Kier molecular flexibility index (Phi) is 10.2. The van der Waals surface area contributed by atoms with Crippen molar-refractivity contribution >= 4 is 40.4 Å². The number of fused-ring (bicyclic) bond motifs is 1. The van der Waals surface area contributed by atoms with Gasteiger partial charge in [-0.25, -0.2) is 0 Å². The number of para-hydroxylation sites is 1. The number of hydrogen-bond donors (Lipinski definition) is 3. The Balaban J connectivity index is 0.00000187. The first kappa shape index (κ1) is 25.7. The van der Waals surface area contributed by atoms with Crippen LogP contribution >= 0.6 is 12.2 Å². The average Bonchev–Trinajstić information content (AvgIpc) is 2.84. The van der Waals surface area contributed by atoms with Crippen molar-refractivity contribution in [1.29, 1.82) is 0 Å². The Labute approximate surface area is 199 Å². The quantitative estimate of drug-likeness (QED) is 0.249. The van der Waals surface area contributed by atoms with Crippen molar-refractivity contribution in [2.75, 3.05) is 6.54 Å². The summed E-state index contributed by atoms with van der Waals surface area (Å²) in [6, 6.07) is 15.0. The van der Waals surface area contributed by atoms with Crippen molar-refractivity contribution in [1.82, 2.24) is 21.2 Å². The van der Waals surface area contributed by atoms with Crippen LogP contribution in [0.25, 0.3) is 10.9 Å². The number of carbonyl (C=O) groups is 2. The highest BCUT2D eigenvalue weighted by Gasteiger charge is 2.11. The number of thiocarbonyl (C=S) groups is 1. The lowest BCUT2D eigenvalue weighted by Crippen LogP contribution is -2.37. The molecule has 3 aromatic rings. The minimum absolute atomic E-state index is 0.204. The largest absolute Gasteiger partial charge is 0.489 e. The molecule has 3 N–H and O–H groups in total. The highest BCUT2D eigenvalue weighted by atomic mass is 32.1. The fourth-order valence-corrected chi connectivity index (χ4v) is 3.28. The maximum absolute atomic E-state index is 12.3. The summed E-state index contributed by atoms with van der Waals surface area (Å²) in [5, 5.41) is 3.87. The fourth-order valence-electron chi connectivity index (χ4n) is 3.12. The summed E-state index contributed by atoms with van der Waals surface area (Å²) in [5.41, 5.74) is 9.49. The third-order valence-corrected chi connectivity index (χ3v) is 5.23. The molecule has 0 fully saturated rings. The standard InChI is InChI=1S/C23H24N4O3S.C2H6/c1-15-16(2)26-21-6-4-3-5-19(21)20(15)13-30-18-9-7-17(8-10-18)23(29)24-12-11-22(31)27-25-14-28;1-2/h3-10,14H,11-13H2,1-2H3,(H,24,29)(H,25,28)(H,27,31);1-2H3. The molecule has 1 heterocycles. The van der Waals surface area contributed by atoms with Crippen molar-refractivity contribution in [2.45, 2.75) is 40.7 Å². The van der Waals surface area contributed by atoms with Gasteiger partial charge >= 0.3 is 0 Å². The third kappa shape index (κ3) is 7.25. The van der Waals surface area contributed by atoms with Crippen molar-refractivity contribution < 1.29 is 14.3 Å². The van der Waals surface area contributed by atoms with Gasteiger partial charge in [0.15, 0.2) is 0 Å². The van der Waals surface area contributed by atoms with E-state index in [-0.39, 0.29) is 5.91 Å². The molecule has 0 saturated carbocycles. The molecule has 0 aliphatic carbocycles. The predicted molar refractivity (Wildman–Crippen MR) is 135 cm³/mol. The van der Waals surface area contributed by atoms with E-state index in [1.54, 1.807) is 24.3 Å². The summed E-state index contributed by atoms with van der Waals surface area (Å²) < 4.78 is 6.00. The van der Waals surface area contributed by atoms with Gasteiger partial charge in [-0.15, -0.1) is 0 Å². The molecule has 0 atom stereocenters. The fraction of sp³-hybridized carbons (Fsp3) is 0.280. The van der Waals surface area contributed by atoms with Crippen molar-refractivity contribution in [2.24, 2.45) is 0 Å². The van der Waals surface area contributed by atoms with E-state index < -0.39 is 0 Å². The monoisotopic (exact) mass is 466 g/mol. The van der Waals surface area contributed by atoms with Gasteiger partial charge in [-0.05, 0) is 49.7 Å². The van der Waals surface area contributed by atoms with Crippen LogP contribution in [0.15, 0.2) is 48.5 Å². The predicted octanol–water partition coefficient (Wildman–Crippen LogP) is 4.15. The van der Waals surface area contributed by atoms with Crippen LogP contribution in [0.2, 0.25) is 0 Å². The van der Waals surface area contributed by atoms with Gasteiger partial charge in [0.05, 0.1) is 10.5 Å². The number of benzene rings is 2. The molecule has 8 heteroatoms. The van der Waals surface area contributed by atoms with Gasteiger partial charge in [0, 0.05) is 35.2 Å². The smallest absolute Gasteiger partial charge is 0.251 e. The lowest BCUT2D eigenvalue weighted by molar-refractivity contribution is -0.110. The van der Waals surface area contributed by atoms with Gasteiger partial charge < -0.3 is 10.1 Å². The number of ether oxygens (including phenoxy) is 1. The molecule has 0 bridgehead atoms. The second-order valence-electron chi connectivity index (χ2n) is 6.95. The van der Waals surface area contributed by atoms with E-state index >= 15 is 0 Å². The second-order valence-corrected chi connectivity index (χ2v) is 7.44. The number of nitrogens with one attached hydrogen (secondary N) is 3. The van der Waals surface area contributed by atoms with Crippen molar-refractivity contribution in [3.63, 3.8) is 0 Å². The SMILES string of the molecule is CC.Cc1nc2ccccc2c(COc2ccc(C(=O)NCCC(=S)NNC=O)cc2)c1C. The molecule has 0 saturated heterocycles. The minimum atomic E-state index is -0.204. The summed E-state index contributed by atoms with van der Waals surface area (Å²) in [5.74, 6) is 0.476. The van der Waals surface area contributed by atoms with E-state index in [2.05, 4.69) is 34.1 Å². The zero-order valence-corrected chi connectivity index (χ0v) is 20.2. The molecule has 174 valence electrons. The highest BCUT2D eigenvalue weighted by Crippen LogP contribution is 2.24. The number of hydrogen-bond acceptors (Lipinski definition) is 5. The van der Waals surface area contributed by atoms with Crippen LogP contribution in [0.4, 0.5) is 0 Å². The Bertz CT molecular complexity index is 1100. The third-order valence-electron chi connectivity index (χ3n) is 4.92. The van der Waals surface area contributed by atoms with E-state index in [1.807, 2.05) is 39.0 Å². The Hall–Kier alpha value is -3.52. The van der Waals surface area contributed by atoms with Crippen LogP contribution in [0.5, 0.6) is 5.75 Å². The van der Waals surface area contributed by atoms with Gasteiger partial charge in [0.25, 0.3) is 5.91 Å². The number of carbonyl (C=O) groups excluding carboxylic acids is 2. The molecule has 2 aromatic carbocycles. The first-order chi connectivity index (χ1) is 16.0. The van der Waals surface area contributed by atoms with Crippen LogP contribution in [0, 0.1) is 13.8 Å². The van der Waals surface area contributed by atoms with Crippen LogP contribution < -0.4 is 20.9 Å². The van der Waals surface area contributed by atoms with E-state index in [9.17, 15) is 9.59 Å². The summed E-state index contributed by atoms with van der Waals surface area (Å²) >= 11 is 5.02. The summed E-state index contributed by atoms with van der Waals surface area (Å²) in [6.07, 6.45) is 0.913. The maximum atomic E-state index is 12.3. The lowest BCUT2D eigenvalue weighted by Gasteiger charge is -2.14. The number of amides is 2. The number of nitrogens with zero attached hydrogens (tertiary/aromatic N) is 1. The van der Waals surface area contributed by atoms with Gasteiger partial charge in [-0.1, -0.05) is 44.3 Å². The molecule has 33 heavy (non-hydrogen) atoms. The summed E-state index contributed by atoms with van der Waals surface area (Å²) in [4.78, 5) is 27.5. The molecule has 0 spiro atoms. The Morgan fingerprint density at radius 2 is 1.79 bits per heavy atom. The van der Waals surface area contributed by atoms with Crippen LogP contribution in [-0.4, -0.2) is 28.8 Å². The number of aromatic nitrogens is 1. The van der Waals surface area contributed by atoms with Gasteiger partial charge in [-0.3, -0.25) is 25.4 Å². The first-order valence-electron chi connectivity index (χ1n) is 10.8. The molecule has 1 aromatic heterocycles. The number of hydrazine groups is 1. The maximum Gasteiger partial charge on any atom is 0.251 e. The van der Waals surface area contributed by atoms with Gasteiger partial charge in [-0.2, -0.15) is 0 Å². The van der Waals surface area contributed by atoms with Crippen LogP contribution in [-0.2, 0) is 11.4 Å². The molecule has 0 aliphatic heterocycles. The van der Waals surface area contributed by atoms with Crippen molar-refractivity contribution in [3.8, 4) is 5.75 Å². The molecular formula is C25H30N4O3S. The molecule has 7 nitrogen and oxygen atoms in total. The molecular weight excluding hydrogens is 436 g/mol. The summed E-state index contributed by atoms with van der Waals surface area (Å²) in [7, 11) is 0. The topological polar surface area (TPSA) is 92.3 Å². The molecule has 0 unspecified atom stereocenters. The van der Waals surface area contributed by atoms with Crippen LogP contribution in [0.3, 0.4) is 0 Å². The zero-order chi connectivity index (χ0) is 24.2. The number of pyridine rings is 1. The first-order valence-corrected chi connectivity index (χ1v) is 11.2. The number of rotatable bonds is 9. The zero-order valence-electron chi connectivity index (χ0n) is 19.4. The van der Waals surface area contributed by atoms with E-state index in [0.29, 0.717) is 42.3 Å². The Morgan fingerprint density at radius 1 is 1.09 bits per heavy atom. The van der Waals surface area contributed by atoms with Gasteiger partial charge in [0.2, 0.25) is 6.41 Å². The van der Waals surface area contributed by atoms with E-state index in [0.717, 1.165) is 27.7 Å². The van der Waals surface area contributed by atoms with Crippen LogP contribution in [0.1, 0.15) is 47.4 Å². The summed E-state index contributed by atoms with van der Waals surface area (Å²) in [6.45, 7) is 8.83. The second kappa shape index (κ2) is 13.1.